The van der Waals surface area contributed by atoms with Gasteiger partial charge in [0.15, 0.2) is 0 Å². The van der Waals surface area contributed by atoms with Gasteiger partial charge in [0.25, 0.3) is 11.5 Å². The Morgan fingerprint density at radius 3 is 2.82 bits per heavy atom. The minimum atomic E-state index is -0.729. The molecule has 2 N–H and O–H groups in total. The van der Waals surface area contributed by atoms with Crippen molar-refractivity contribution in [2.75, 3.05) is 0 Å². The largest absolute Gasteiger partial charge is 0.364 e. The number of nitrogens with two attached hydrogens (primary N) is 1. The summed E-state index contributed by atoms with van der Waals surface area (Å²) in [5, 5.41) is 0. The Bertz CT molecular complexity index is 619. The lowest BCUT2D eigenvalue weighted by Gasteiger charge is -2.07. The first-order chi connectivity index (χ1) is 8.09. The van der Waals surface area contributed by atoms with Gasteiger partial charge in [0.2, 0.25) is 0 Å². The number of primary amides is 1. The number of nitrogens with zero attached hydrogens (tertiary/aromatic N) is 3. The van der Waals surface area contributed by atoms with Gasteiger partial charge < -0.3 is 5.73 Å². The first-order valence-corrected chi connectivity index (χ1v) is 4.88. The summed E-state index contributed by atoms with van der Waals surface area (Å²) >= 11 is 0. The number of carbonyl (C=O) groups is 1. The molecule has 2 heterocycles. The van der Waals surface area contributed by atoms with E-state index in [1.807, 2.05) is 0 Å². The normalized spacial score (nSPS) is 10.2. The summed E-state index contributed by atoms with van der Waals surface area (Å²) in [5.74, 6) is -0.368. The molecule has 1 amide bonds. The van der Waals surface area contributed by atoms with Gasteiger partial charge in [-0.3, -0.25) is 19.1 Å². The van der Waals surface area contributed by atoms with Gasteiger partial charge in [-0.2, -0.15) is 0 Å². The van der Waals surface area contributed by atoms with Crippen molar-refractivity contribution in [3.63, 3.8) is 0 Å². The third-order valence-electron chi connectivity index (χ3n) is 2.31. The van der Waals surface area contributed by atoms with Crippen molar-refractivity contribution in [2.45, 2.75) is 0 Å². The molecule has 6 nitrogen and oxygen atoms in total. The van der Waals surface area contributed by atoms with Gasteiger partial charge >= 0.3 is 0 Å². The van der Waals surface area contributed by atoms with E-state index in [0.717, 1.165) is 6.07 Å². The summed E-state index contributed by atoms with van der Waals surface area (Å²) in [4.78, 5) is 30.7. The van der Waals surface area contributed by atoms with Gasteiger partial charge in [-0.15, -0.1) is 0 Å². The number of pyridine rings is 1. The number of carbonyl (C=O) groups excluding carboxylic acids is 1. The molecule has 0 aromatic carbocycles. The molecule has 86 valence electrons. The molecule has 0 aliphatic carbocycles. The van der Waals surface area contributed by atoms with Crippen molar-refractivity contribution in [3.05, 3.63) is 46.6 Å². The zero-order valence-electron chi connectivity index (χ0n) is 9.12. The molecule has 0 radical (unpaired) electrons. The van der Waals surface area contributed by atoms with Crippen LogP contribution in [0.5, 0.6) is 0 Å². The monoisotopic (exact) mass is 230 g/mol. The summed E-state index contributed by atoms with van der Waals surface area (Å²) in [6, 6.07) is 4.58. The Morgan fingerprint density at radius 1 is 1.47 bits per heavy atom. The van der Waals surface area contributed by atoms with Crippen LogP contribution in [0.4, 0.5) is 0 Å². The van der Waals surface area contributed by atoms with E-state index in [0.29, 0.717) is 11.4 Å². The Kier molecular flexibility index (Phi) is 2.70. The van der Waals surface area contributed by atoms with Crippen molar-refractivity contribution in [1.29, 1.82) is 0 Å². The second kappa shape index (κ2) is 4.17. The van der Waals surface area contributed by atoms with Crippen LogP contribution in [-0.4, -0.2) is 20.4 Å². The zero-order valence-corrected chi connectivity index (χ0v) is 9.12. The molecule has 2 aromatic rings. The molecule has 0 spiro atoms. The zero-order chi connectivity index (χ0) is 12.4. The van der Waals surface area contributed by atoms with Gasteiger partial charge in [-0.25, -0.2) is 4.98 Å². The third kappa shape index (κ3) is 2.05. The van der Waals surface area contributed by atoms with Gasteiger partial charge in [0, 0.05) is 31.1 Å². The van der Waals surface area contributed by atoms with Crippen LogP contribution in [0.1, 0.15) is 10.5 Å². The number of hydrogen-bond donors (Lipinski definition) is 1. The number of aromatic nitrogens is 3. The van der Waals surface area contributed by atoms with E-state index in [1.165, 1.54) is 4.57 Å². The number of amides is 1. The fourth-order valence-corrected chi connectivity index (χ4v) is 1.42. The molecule has 0 fully saturated rings. The average Bonchev–Trinajstić information content (AvgIpc) is 2.33. The molecule has 0 saturated carbocycles. The van der Waals surface area contributed by atoms with Crippen molar-refractivity contribution >= 4 is 5.91 Å². The summed E-state index contributed by atoms with van der Waals surface area (Å²) in [7, 11) is 1.57. The van der Waals surface area contributed by atoms with E-state index >= 15 is 0 Å². The highest BCUT2D eigenvalue weighted by Gasteiger charge is 2.11. The third-order valence-corrected chi connectivity index (χ3v) is 2.31. The first-order valence-electron chi connectivity index (χ1n) is 4.88. The fraction of sp³-hybridized carbons (Fsp3) is 0.0909. The number of hydrogen-bond acceptors (Lipinski definition) is 4. The van der Waals surface area contributed by atoms with Crippen LogP contribution in [0.3, 0.4) is 0 Å². The van der Waals surface area contributed by atoms with Gasteiger partial charge in [-0.1, -0.05) is 0 Å². The Balaban J connectivity index is 2.69. The predicted molar refractivity (Wildman–Crippen MR) is 61.2 cm³/mol. The van der Waals surface area contributed by atoms with Crippen LogP contribution in [0.2, 0.25) is 0 Å². The predicted octanol–water partition coefficient (Wildman–Crippen LogP) is -0.0588. The molecule has 0 saturated heterocycles. The summed E-state index contributed by atoms with van der Waals surface area (Å²) in [6.07, 6.45) is 3.17. The molecule has 2 rings (SSSR count). The topological polar surface area (TPSA) is 90.9 Å². The minimum Gasteiger partial charge on any atom is -0.364 e. The van der Waals surface area contributed by atoms with Crippen molar-refractivity contribution in [3.8, 4) is 11.4 Å². The summed E-state index contributed by atoms with van der Waals surface area (Å²) < 4.78 is 1.34. The summed E-state index contributed by atoms with van der Waals surface area (Å²) in [5.41, 5.74) is 5.37. The highest BCUT2D eigenvalue weighted by atomic mass is 16.1. The summed E-state index contributed by atoms with van der Waals surface area (Å²) in [6.45, 7) is 0. The van der Waals surface area contributed by atoms with E-state index in [2.05, 4.69) is 9.97 Å². The van der Waals surface area contributed by atoms with Crippen LogP contribution in [-0.2, 0) is 7.05 Å². The van der Waals surface area contributed by atoms with E-state index in [-0.39, 0.29) is 11.3 Å². The molecule has 0 aliphatic rings. The van der Waals surface area contributed by atoms with Gasteiger partial charge in [0.1, 0.15) is 11.5 Å². The maximum Gasteiger partial charge on any atom is 0.267 e. The van der Waals surface area contributed by atoms with Crippen molar-refractivity contribution in [2.24, 2.45) is 12.8 Å². The van der Waals surface area contributed by atoms with Crippen LogP contribution < -0.4 is 11.3 Å². The Hall–Kier alpha value is -2.50. The van der Waals surface area contributed by atoms with Gasteiger partial charge in [0.05, 0.1) is 0 Å². The van der Waals surface area contributed by atoms with Crippen LogP contribution in [0, 0.1) is 0 Å². The molecule has 0 aliphatic heterocycles. The molecule has 17 heavy (non-hydrogen) atoms. The molecular formula is C11H10N4O2. The van der Waals surface area contributed by atoms with Crippen LogP contribution >= 0.6 is 0 Å². The maximum atomic E-state index is 11.6. The molecule has 0 atom stereocenters. The van der Waals surface area contributed by atoms with Crippen molar-refractivity contribution in [1.82, 2.24) is 14.5 Å². The molecule has 0 bridgehead atoms. The molecule has 0 unspecified atom stereocenters. The highest BCUT2D eigenvalue weighted by Crippen LogP contribution is 2.12. The molecule has 2 aromatic heterocycles. The van der Waals surface area contributed by atoms with Crippen molar-refractivity contribution < 1.29 is 4.79 Å². The maximum absolute atomic E-state index is 11.6. The Morgan fingerprint density at radius 2 is 2.24 bits per heavy atom. The smallest absolute Gasteiger partial charge is 0.267 e. The molecular weight excluding hydrogens is 220 g/mol. The van der Waals surface area contributed by atoms with Gasteiger partial charge in [-0.05, 0) is 12.1 Å². The van der Waals surface area contributed by atoms with Crippen LogP contribution in [0.25, 0.3) is 11.4 Å². The lowest BCUT2D eigenvalue weighted by atomic mass is 10.2. The number of rotatable bonds is 2. The highest BCUT2D eigenvalue weighted by molar-refractivity contribution is 5.91. The first kappa shape index (κ1) is 11.0. The quantitative estimate of drug-likeness (QED) is 0.782. The standard InChI is InChI=1S/C11H10N4O2/c1-15-9(16)5-8(10(12)17)14-11(15)7-3-2-4-13-6-7/h2-6H,1H3,(H2,12,17). The lowest BCUT2D eigenvalue weighted by molar-refractivity contribution is 0.0995. The minimum absolute atomic E-state index is 0.0491. The second-order valence-corrected chi connectivity index (χ2v) is 3.47. The lowest BCUT2D eigenvalue weighted by Crippen LogP contribution is -2.24. The average molecular weight is 230 g/mol. The van der Waals surface area contributed by atoms with E-state index in [1.54, 1.807) is 31.6 Å². The molecule has 6 heteroatoms. The SMILES string of the molecule is Cn1c(-c2cccnc2)nc(C(N)=O)cc1=O. The van der Waals surface area contributed by atoms with E-state index in [9.17, 15) is 9.59 Å². The van der Waals surface area contributed by atoms with Crippen LogP contribution in [0.15, 0.2) is 35.4 Å². The van der Waals surface area contributed by atoms with E-state index in [4.69, 9.17) is 5.73 Å². The Labute approximate surface area is 96.8 Å². The fourth-order valence-electron chi connectivity index (χ4n) is 1.42. The van der Waals surface area contributed by atoms with E-state index < -0.39 is 5.91 Å². The second-order valence-electron chi connectivity index (χ2n) is 3.47.